The number of alkyl halides is 6. The van der Waals surface area contributed by atoms with Gasteiger partial charge < -0.3 is 24.7 Å². The Labute approximate surface area is 194 Å². The zero-order chi connectivity index (χ0) is 26.2. The lowest BCUT2D eigenvalue weighted by Gasteiger charge is -2.22. The molecule has 0 radical (unpaired) electrons. The lowest BCUT2D eigenvalue weighted by Crippen LogP contribution is -2.27. The van der Waals surface area contributed by atoms with E-state index in [1.54, 1.807) is 6.26 Å². The summed E-state index contributed by atoms with van der Waals surface area (Å²) in [5.41, 5.74) is 2.47. The van der Waals surface area contributed by atoms with E-state index in [1.165, 1.54) is 18.4 Å². The molecule has 0 aromatic carbocycles. The largest absolute Gasteiger partial charge is 0.490 e. The minimum Gasteiger partial charge on any atom is -0.475 e. The number of nitrogens with zero attached hydrogens (tertiary/aromatic N) is 2. The molecule has 9 nitrogen and oxygen atoms in total. The average Bonchev–Trinajstić information content (AvgIpc) is 3.22. The molecule has 1 atom stereocenters. The van der Waals surface area contributed by atoms with Crippen LogP contribution in [0.2, 0.25) is 0 Å². The van der Waals surface area contributed by atoms with E-state index in [2.05, 4.69) is 16.2 Å². The summed E-state index contributed by atoms with van der Waals surface area (Å²) in [6.07, 6.45) is -2.50. The predicted octanol–water partition coefficient (Wildman–Crippen LogP) is 3.56. The highest BCUT2D eigenvalue weighted by Gasteiger charge is 2.38. The maximum Gasteiger partial charge on any atom is 0.490 e. The van der Waals surface area contributed by atoms with Gasteiger partial charge in [0, 0.05) is 19.3 Å². The van der Waals surface area contributed by atoms with Crippen molar-refractivity contribution in [1.82, 2.24) is 15.1 Å². The third-order valence-corrected chi connectivity index (χ3v) is 4.70. The summed E-state index contributed by atoms with van der Waals surface area (Å²) < 4.78 is 76.8. The van der Waals surface area contributed by atoms with Crippen molar-refractivity contribution < 1.29 is 55.3 Å². The van der Waals surface area contributed by atoms with Gasteiger partial charge >= 0.3 is 24.3 Å². The van der Waals surface area contributed by atoms with Crippen molar-refractivity contribution in [2.45, 2.75) is 50.8 Å². The van der Waals surface area contributed by atoms with Crippen LogP contribution in [-0.4, -0.2) is 57.4 Å². The number of furan rings is 1. The van der Waals surface area contributed by atoms with Gasteiger partial charge in [-0.15, -0.1) is 0 Å². The number of nitrogens with one attached hydrogen (secondary N) is 1. The number of ether oxygens (including phenoxy) is 1. The summed E-state index contributed by atoms with van der Waals surface area (Å²) in [5, 5.41) is 22.4. The second-order valence-corrected chi connectivity index (χ2v) is 7.63. The first-order chi connectivity index (χ1) is 16.3. The molecule has 1 saturated carbocycles. The Bertz CT molecular complexity index is 930. The molecule has 196 valence electrons. The van der Waals surface area contributed by atoms with Crippen LogP contribution in [0.3, 0.4) is 0 Å². The Morgan fingerprint density at radius 1 is 1.11 bits per heavy atom. The fourth-order valence-electron chi connectivity index (χ4n) is 2.89. The molecule has 2 aromatic heterocycles. The fraction of sp³-hybridized carbons (Fsp3) is 0.550. The normalized spacial score (nSPS) is 17.4. The molecule has 1 aliphatic carbocycles. The van der Waals surface area contributed by atoms with Gasteiger partial charge in [-0.05, 0) is 42.9 Å². The lowest BCUT2D eigenvalue weighted by molar-refractivity contribution is -0.193. The van der Waals surface area contributed by atoms with Crippen LogP contribution in [-0.2, 0) is 33.8 Å². The Balaban J connectivity index is 0.000000257. The molecule has 3 heterocycles. The molecule has 1 aliphatic heterocycles. The first-order valence-corrected chi connectivity index (χ1v) is 10.3. The van der Waals surface area contributed by atoms with E-state index < -0.39 is 24.3 Å². The minimum atomic E-state index is -5.08. The van der Waals surface area contributed by atoms with E-state index in [1.807, 2.05) is 12.1 Å². The van der Waals surface area contributed by atoms with E-state index in [4.69, 9.17) is 34.1 Å². The molecule has 0 spiro atoms. The highest BCUT2D eigenvalue weighted by atomic mass is 19.4. The number of aliphatic carboxylic acids is 2. The summed E-state index contributed by atoms with van der Waals surface area (Å²) in [6, 6.07) is 3.89. The second kappa shape index (κ2) is 12.1. The molecule has 15 heteroatoms. The van der Waals surface area contributed by atoms with Gasteiger partial charge in [0.05, 0.1) is 25.1 Å². The summed E-state index contributed by atoms with van der Waals surface area (Å²) >= 11 is 0. The van der Waals surface area contributed by atoms with Crippen molar-refractivity contribution >= 4 is 11.9 Å². The van der Waals surface area contributed by atoms with Crippen LogP contribution in [0.5, 0.6) is 0 Å². The maximum atomic E-state index is 10.6. The van der Waals surface area contributed by atoms with Crippen LogP contribution in [0.4, 0.5) is 26.3 Å². The molecule has 3 N–H and O–H groups in total. The van der Waals surface area contributed by atoms with Crippen molar-refractivity contribution in [3.05, 3.63) is 41.6 Å². The number of rotatable bonds is 6. The maximum absolute atomic E-state index is 10.6. The Morgan fingerprint density at radius 3 is 2.20 bits per heavy atom. The fourth-order valence-corrected chi connectivity index (χ4v) is 2.89. The third kappa shape index (κ3) is 9.98. The standard InChI is InChI=1S/C16H21N3O2.2C2HF3O2/c1-2-14(20-6-1)8-17-9-15-16-13(5-7-21-15)11-19(18-16)10-12-3-4-12;2*3-2(4,5)1(6)7/h1-2,6,11-12,15,17H,3-5,7-10H2;2*(H,6,7). The van der Waals surface area contributed by atoms with Gasteiger partial charge in [-0.25, -0.2) is 9.59 Å². The highest BCUT2D eigenvalue weighted by Crippen LogP contribution is 2.32. The first kappa shape index (κ1) is 28.2. The average molecular weight is 515 g/mol. The molecule has 1 unspecified atom stereocenters. The minimum absolute atomic E-state index is 0.0594. The predicted molar refractivity (Wildman–Crippen MR) is 105 cm³/mol. The van der Waals surface area contributed by atoms with Gasteiger partial charge in [0.1, 0.15) is 11.9 Å². The molecular formula is C20H23F6N3O6. The zero-order valence-electron chi connectivity index (χ0n) is 18.1. The topological polar surface area (TPSA) is 127 Å². The number of carbonyl (C=O) groups is 2. The number of aromatic nitrogens is 2. The molecule has 2 aromatic rings. The summed E-state index contributed by atoms with van der Waals surface area (Å²) in [4.78, 5) is 17.8. The molecular weight excluding hydrogens is 492 g/mol. The monoisotopic (exact) mass is 515 g/mol. The van der Waals surface area contributed by atoms with Crippen LogP contribution in [0.15, 0.2) is 29.0 Å². The Kier molecular flexibility index (Phi) is 9.71. The Hall–Kier alpha value is -3.07. The van der Waals surface area contributed by atoms with Crippen molar-refractivity contribution in [2.75, 3.05) is 13.2 Å². The summed E-state index contributed by atoms with van der Waals surface area (Å²) in [5.74, 6) is -3.71. The van der Waals surface area contributed by atoms with E-state index in [0.717, 1.165) is 50.0 Å². The molecule has 35 heavy (non-hydrogen) atoms. The van der Waals surface area contributed by atoms with Crippen molar-refractivity contribution in [1.29, 1.82) is 0 Å². The van der Waals surface area contributed by atoms with Gasteiger partial charge in [0.2, 0.25) is 0 Å². The summed E-state index contributed by atoms with van der Waals surface area (Å²) in [7, 11) is 0. The van der Waals surface area contributed by atoms with Crippen molar-refractivity contribution in [3.63, 3.8) is 0 Å². The summed E-state index contributed by atoms with van der Waals surface area (Å²) in [6.45, 7) is 3.36. The van der Waals surface area contributed by atoms with Crippen LogP contribution in [0.25, 0.3) is 0 Å². The van der Waals surface area contributed by atoms with Gasteiger partial charge in [0.25, 0.3) is 0 Å². The van der Waals surface area contributed by atoms with E-state index >= 15 is 0 Å². The number of hydrogen-bond acceptors (Lipinski definition) is 6. The zero-order valence-corrected chi connectivity index (χ0v) is 18.1. The Morgan fingerprint density at radius 2 is 1.71 bits per heavy atom. The van der Waals surface area contributed by atoms with E-state index in [0.29, 0.717) is 0 Å². The second-order valence-electron chi connectivity index (χ2n) is 7.63. The molecule has 0 amide bonds. The van der Waals surface area contributed by atoms with Gasteiger partial charge in [-0.3, -0.25) is 4.68 Å². The number of halogens is 6. The van der Waals surface area contributed by atoms with E-state index in [9.17, 15) is 26.3 Å². The van der Waals surface area contributed by atoms with Crippen molar-refractivity contribution in [3.8, 4) is 0 Å². The number of fused-ring (bicyclic) bond motifs is 1. The SMILES string of the molecule is O=C(O)C(F)(F)F.O=C(O)C(F)(F)F.c1coc(CNCC2OCCc3cn(CC4CC4)nc32)c1. The number of carboxylic acid groups (broad SMARTS) is 2. The van der Waals surface area contributed by atoms with Crippen LogP contribution in [0.1, 0.15) is 36.0 Å². The van der Waals surface area contributed by atoms with Gasteiger partial charge in [0.15, 0.2) is 0 Å². The third-order valence-electron chi connectivity index (χ3n) is 4.70. The quantitative estimate of drug-likeness (QED) is 0.499. The molecule has 1 fully saturated rings. The number of hydrogen-bond donors (Lipinski definition) is 3. The first-order valence-electron chi connectivity index (χ1n) is 10.3. The molecule has 0 saturated heterocycles. The molecule has 0 bridgehead atoms. The number of carboxylic acids is 2. The van der Waals surface area contributed by atoms with Crippen molar-refractivity contribution in [2.24, 2.45) is 5.92 Å². The van der Waals surface area contributed by atoms with Gasteiger partial charge in [-0.1, -0.05) is 0 Å². The highest BCUT2D eigenvalue weighted by molar-refractivity contribution is 5.73. The van der Waals surface area contributed by atoms with Gasteiger partial charge in [-0.2, -0.15) is 31.4 Å². The van der Waals surface area contributed by atoms with E-state index in [-0.39, 0.29) is 6.10 Å². The molecule has 4 rings (SSSR count). The van der Waals surface area contributed by atoms with Crippen LogP contribution < -0.4 is 5.32 Å². The van der Waals surface area contributed by atoms with Crippen LogP contribution >= 0.6 is 0 Å². The smallest absolute Gasteiger partial charge is 0.475 e. The molecule has 2 aliphatic rings. The van der Waals surface area contributed by atoms with Crippen LogP contribution in [0, 0.1) is 5.92 Å². The lowest BCUT2D eigenvalue weighted by atomic mass is 10.1.